The molecule has 4 rings (SSSR count). The van der Waals surface area contributed by atoms with Gasteiger partial charge in [0.1, 0.15) is 11.6 Å². The summed E-state index contributed by atoms with van der Waals surface area (Å²) in [6.45, 7) is 12.7. The third kappa shape index (κ3) is 4.81. The van der Waals surface area contributed by atoms with Crippen LogP contribution in [-0.4, -0.2) is 73.8 Å². The monoisotopic (exact) mass is 495 g/mol. The molecule has 2 fully saturated rings. The Morgan fingerprint density at radius 1 is 1.14 bits per heavy atom. The summed E-state index contributed by atoms with van der Waals surface area (Å²) in [6, 6.07) is 9.28. The number of nitrogens with one attached hydrogen (secondary N) is 1. The van der Waals surface area contributed by atoms with Crippen LogP contribution in [0, 0.1) is 19.8 Å². The van der Waals surface area contributed by atoms with E-state index in [2.05, 4.69) is 36.2 Å². The van der Waals surface area contributed by atoms with Crippen LogP contribution >= 0.6 is 0 Å². The standard InChI is InChI=1S/C28H41N5O3/c1-6-7-15-32-26(35)24(25(34)19(2)3)29-27(36)28(32)13-16-31(17-14-28)18-23-20(4)30-33(21(23)5)22-11-9-8-10-12-22/h8-12,19,24-25,34H,6-7,13-18H2,1-5H3,(H,29,36). The summed E-state index contributed by atoms with van der Waals surface area (Å²) < 4.78 is 2.00. The average molecular weight is 496 g/mol. The van der Waals surface area contributed by atoms with Gasteiger partial charge in [0, 0.05) is 37.4 Å². The summed E-state index contributed by atoms with van der Waals surface area (Å²) in [5.41, 5.74) is 3.55. The van der Waals surface area contributed by atoms with Gasteiger partial charge in [-0.2, -0.15) is 5.10 Å². The Balaban J connectivity index is 1.51. The first-order valence-electron chi connectivity index (χ1n) is 13.3. The van der Waals surface area contributed by atoms with E-state index in [1.54, 1.807) is 4.90 Å². The molecule has 2 amide bonds. The second-order valence-corrected chi connectivity index (χ2v) is 10.7. The number of carbonyl (C=O) groups excluding carboxylic acids is 2. The minimum absolute atomic E-state index is 0.119. The van der Waals surface area contributed by atoms with E-state index in [9.17, 15) is 14.7 Å². The zero-order valence-corrected chi connectivity index (χ0v) is 22.3. The van der Waals surface area contributed by atoms with Crippen LogP contribution in [0.3, 0.4) is 0 Å². The Morgan fingerprint density at radius 3 is 2.42 bits per heavy atom. The lowest BCUT2D eigenvalue weighted by Gasteiger charge is -2.52. The predicted octanol–water partition coefficient (Wildman–Crippen LogP) is 2.97. The average Bonchev–Trinajstić information content (AvgIpc) is 3.15. The van der Waals surface area contributed by atoms with Gasteiger partial charge in [0.2, 0.25) is 11.8 Å². The molecule has 1 aromatic heterocycles. The van der Waals surface area contributed by atoms with E-state index in [0.717, 1.165) is 49.6 Å². The molecule has 0 bridgehead atoms. The largest absolute Gasteiger partial charge is 0.390 e. The third-order valence-electron chi connectivity index (χ3n) is 8.02. The molecule has 3 heterocycles. The molecule has 36 heavy (non-hydrogen) atoms. The van der Waals surface area contributed by atoms with Crippen LogP contribution < -0.4 is 5.32 Å². The van der Waals surface area contributed by atoms with Gasteiger partial charge in [0.15, 0.2) is 0 Å². The second kappa shape index (κ2) is 10.7. The maximum atomic E-state index is 13.5. The number of benzene rings is 1. The van der Waals surface area contributed by atoms with Crippen molar-refractivity contribution in [2.45, 2.75) is 84.5 Å². The van der Waals surface area contributed by atoms with Gasteiger partial charge in [0.05, 0.1) is 17.5 Å². The molecule has 8 nitrogen and oxygen atoms in total. The molecule has 2 aliphatic heterocycles. The number of aromatic nitrogens is 2. The van der Waals surface area contributed by atoms with Gasteiger partial charge < -0.3 is 15.3 Å². The van der Waals surface area contributed by atoms with Gasteiger partial charge >= 0.3 is 0 Å². The van der Waals surface area contributed by atoms with Crippen LogP contribution in [0.5, 0.6) is 0 Å². The molecule has 2 saturated heterocycles. The first-order valence-corrected chi connectivity index (χ1v) is 13.3. The number of amides is 2. The number of unbranched alkanes of at least 4 members (excludes halogenated alkanes) is 1. The van der Waals surface area contributed by atoms with E-state index < -0.39 is 17.7 Å². The first kappa shape index (κ1) is 26.4. The van der Waals surface area contributed by atoms with Crippen molar-refractivity contribution in [1.82, 2.24) is 24.9 Å². The number of piperidine rings is 1. The van der Waals surface area contributed by atoms with Crippen molar-refractivity contribution in [1.29, 1.82) is 0 Å². The van der Waals surface area contributed by atoms with Crippen LogP contribution in [-0.2, 0) is 16.1 Å². The second-order valence-electron chi connectivity index (χ2n) is 10.7. The molecule has 0 aliphatic carbocycles. The van der Waals surface area contributed by atoms with E-state index in [4.69, 9.17) is 5.10 Å². The summed E-state index contributed by atoms with van der Waals surface area (Å²) >= 11 is 0. The molecule has 2 unspecified atom stereocenters. The number of hydrogen-bond donors (Lipinski definition) is 2. The van der Waals surface area contributed by atoms with E-state index in [1.165, 1.54) is 5.56 Å². The highest BCUT2D eigenvalue weighted by molar-refractivity contribution is 6.00. The van der Waals surface area contributed by atoms with Crippen LogP contribution in [0.1, 0.15) is 63.4 Å². The van der Waals surface area contributed by atoms with Gasteiger partial charge in [0.25, 0.3) is 0 Å². The lowest BCUT2D eigenvalue weighted by atomic mass is 9.80. The Kier molecular flexibility index (Phi) is 7.85. The molecule has 2 atom stereocenters. The van der Waals surface area contributed by atoms with Crippen molar-refractivity contribution in [3.8, 4) is 5.69 Å². The fourth-order valence-electron chi connectivity index (χ4n) is 5.62. The van der Waals surface area contributed by atoms with Crippen molar-refractivity contribution < 1.29 is 14.7 Å². The molecule has 2 aromatic rings. The minimum Gasteiger partial charge on any atom is -0.390 e. The maximum Gasteiger partial charge on any atom is 0.248 e. The van der Waals surface area contributed by atoms with Crippen LogP contribution in [0.25, 0.3) is 5.69 Å². The molecule has 2 aliphatic rings. The topological polar surface area (TPSA) is 90.7 Å². The van der Waals surface area contributed by atoms with Crippen LogP contribution in [0.15, 0.2) is 30.3 Å². The van der Waals surface area contributed by atoms with Crippen molar-refractivity contribution in [2.24, 2.45) is 5.92 Å². The fourth-order valence-corrected chi connectivity index (χ4v) is 5.62. The smallest absolute Gasteiger partial charge is 0.248 e. The van der Waals surface area contributed by atoms with Gasteiger partial charge in [-0.3, -0.25) is 14.5 Å². The SMILES string of the molecule is CCCCN1C(=O)C(C(O)C(C)C)NC(=O)C12CCN(Cc1c(C)nn(-c3ccccc3)c1C)CC2. The summed E-state index contributed by atoms with van der Waals surface area (Å²) in [6.07, 6.45) is 2.06. The number of carbonyl (C=O) groups is 2. The fraction of sp³-hybridized carbons (Fsp3) is 0.607. The number of hydrogen-bond acceptors (Lipinski definition) is 5. The van der Waals surface area contributed by atoms with E-state index in [1.807, 2.05) is 43.7 Å². The first-order chi connectivity index (χ1) is 17.2. The lowest BCUT2D eigenvalue weighted by Crippen LogP contribution is -2.74. The van der Waals surface area contributed by atoms with Gasteiger partial charge in [-0.05, 0) is 51.2 Å². The molecule has 0 radical (unpaired) electrons. The van der Waals surface area contributed by atoms with Crippen molar-refractivity contribution >= 4 is 11.8 Å². The van der Waals surface area contributed by atoms with Crippen molar-refractivity contribution in [3.63, 3.8) is 0 Å². The number of aryl methyl sites for hydroxylation is 1. The summed E-state index contributed by atoms with van der Waals surface area (Å²) in [5.74, 6) is -0.383. The summed E-state index contributed by atoms with van der Waals surface area (Å²) in [7, 11) is 0. The minimum atomic E-state index is -0.893. The number of aliphatic hydroxyl groups excluding tert-OH is 1. The highest BCUT2D eigenvalue weighted by Crippen LogP contribution is 2.35. The number of rotatable bonds is 8. The number of piperazine rings is 1. The molecule has 1 aromatic carbocycles. The van der Waals surface area contributed by atoms with Crippen LogP contribution in [0.4, 0.5) is 0 Å². The highest BCUT2D eigenvalue weighted by atomic mass is 16.3. The zero-order chi connectivity index (χ0) is 26.0. The van der Waals surface area contributed by atoms with E-state index >= 15 is 0 Å². The number of likely N-dealkylation sites (tertiary alicyclic amines) is 1. The summed E-state index contributed by atoms with van der Waals surface area (Å²) in [5, 5.41) is 18.3. The Hall–Kier alpha value is -2.71. The van der Waals surface area contributed by atoms with E-state index in [0.29, 0.717) is 19.4 Å². The zero-order valence-electron chi connectivity index (χ0n) is 22.3. The van der Waals surface area contributed by atoms with Gasteiger partial charge in [-0.25, -0.2) is 4.68 Å². The highest BCUT2D eigenvalue weighted by Gasteiger charge is 2.54. The molecule has 2 N–H and O–H groups in total. The van der Waals surface area contributed by atoms with Crippen molar-refractivity contribution in [3.05, 3.63) is 47.3 Å². The predicted molar refractivity (Wildman–Crippen MR) is 140 cm³/mol. The Labute approximate surface area is 214 Å². The Morgan fingerprint density at radius 2 is 1.81 bits per heavy atom. The number of para-hydroxylation sites is 1. The maximum absolute atomic E-state index is 13.5. The molecular weight excluding hydrogens is 454 g/mol. The molecule has 8 heteroatoms. The normalized spacial score (nSPS) is 21.3. The van der Waals surface area contributed by atoms with Gasteiger partial charge in [-0.1, -0.05) is 45.4 Å². The van der Waals surface area contributed by atoms with Gasteiger partial charge in [-0.15, -0.1) is 0 Å². The quantitative estimate of drug-likeness (QED) is 0.588. The van der Waals surface area contributed by atoms with Crippen molar-refractivity contribution in [2.75, 3.05) is 19.6 Å². The number of nitrogens with zero attached hydrogens (tertiary/aromatic N) is 4. The molecule has 0 saturated carbocycles. The summed E-state index contributed by atoms with van der Waals surface area (Å²) in [4.78, 5) is 31.2. The van der Waals surface area contributed by atoms with E-state index in [-0.39, 0.29) is 17.7 Å². The number of aliphatic hydroxyl groups is 1. The molecule has 196 valence electrons. The van der Waals surface area contributed by atoms with Crippen LogP contribution in [0.2, 0.25) is 0 Å². The third-order valence-corrected chi connectivity index (χ3v) is 8.02. The molecule has 1 spiro atoms. The molecular formula is C28H41N5O3. The Bertz CT molecular complexity index is 1070. The lowest BCUT2D eigenvalue weighted by molar-refractivity contribution is -0.165.